The van der Waals surface area contributed by atoms with Gasteiger partial charge in [-0.3, -0.25) is 10.1 Å². The van der Waals surface area contributed by atoms with Gasteiger partial charge >= 0.3 is 0 Å². The van der Waals surface area contributed by atoms with Gasteiger partial charge in [0.05, 0.1) is 9.82 Å². The maximum absolute atomic E-state index is 12.1. The van der Waals surface area contributed by atoms with Crippen molar-refractivity contribution in [3.63, 3.8) is 0 Å². The number of nitrogens with one attached hydrogen (secondary N) is 1. The van der Waals surface area contributed by atoms with Gasteiger partial charge in [0.1, 0.15) is 10.3 Å². The van der Waals surface area contributed by atoms with E-state index in [1.54, 1.807) is 0 Å². The Morgan fingerprint density at radius 1 is 1.14 bits per heavy atom. The van der Waals surface area contributed by atoms with Crippen molar-refractivity contribution in [3.05, 3.63) is 50.8 Å². The highest BCUT2D eigenvalue weighted by molar-refractivity contribution is 7.92. The minimum atomic E-state index is -4.10. The zero-order valence-electron chi connectivity index (χ0n) is 10.0. The van der Waals surface area contributed by atoms with Crippen LogP contribution >= 0.6 is 23.2 Å². The van der Waals surface area contributed by atoms with E-state index in [0.717, 1.165) is 6.07 Å². The van der Waals surface area contributed by atoms with Crippen molar-refractivity contribution in [3.8, 4) is 0 Å². The van der Waals surface area contributed by atoms with E-state index in [9.17, 15) is 18.5 Å². The molecule has 0 aliphatic heterocycles. The molecule has 11 heteroatoms. The number of anilines is 1. The van der Waals surface area contributed by atoms with Gasteiger partial charge in [-0.15, -0.1) is 0 Å². The smallest absolute Gasteiger partial charge is 0.258 e. The molecule has 1 aromatic carbocycles. The van der Waals surface area contributed by atoms with Crippen LogP contribution in [0.2, 0.25) is 10.3 Å². The van der Waals surface area contributed by atoms with Crippen molar-refractivity contribution in [2.45, 2.75) is 4.90 Å². The van der Waals surface area contributed by atoms with E-state index < -0.39 is 14.9 Å². The molecule has 2 aromatic rings. The van der Waals surface area contributed by atoms with Gasteiger partial charge < -0.3 is 0 Å². The highest BCUT2D eigenvalue weighted by Gasteiger charge is 2.19. The minimum Gasteiger partial charge on any atom is -0.258 e. The first-order valence-corrected chi connectivity index (χ1v) is 7.49. The SMILES string of the molecule is O=[N+]([O-])c1cccc(S(=O)(=O)Nc2nc(Cl)cc(Cl)n2)c1. The van der Waals surface area contributed by atoms with E-state index in [1.165, 1.54) is 24.3 Å². The van der Waals surface area contributed by atoms with Crippen LogP contribution in [0.4, 0.5) is 11.6 Å². The van der Waals surface area contributed by atoms with Crippen molar-refractivity contribution in [1.82, 2.24) is 9.97 Å². The third-order valence-electron chi connectivity index (χ3n) is 2.23. The first kappa shape index (κ1) is 15.4. The van der Waals surface area contributed by atoms with Crippen LogP contribution in [0.1, 0.15) is 0 Å². The molecule has 0 bridgehead atoms. The summed E-state index contributed by atoms with van der Waals surface area (Å²) in [6.45, 7) is 0. The fourth-order valence-corrected chi connectivity index (χ4v) is 2.78. The molecule has 0 fully saturated rings. The molecule has 8 nitrogen and oxygen atoms in total. The van der Waals surface area contributed by atoms with E-state index in [1.807, 2.05) is 4.72 Å². The predicted octanol–water partition coefficient (Wildman–Crippen LogP) is 2.49. The first-order valence-electron chi connectivity index (χ1n) is 5.25. The first-order chi connectivity index (χ1) is 9.78. The Kier molecular flexibility index (Phi) is 4.26. The average molecular weight is 349 g/mol. The molecule has 1 heterocycles. The van der Waals surface area contributed by atoms with Crippen LogP contribution in [-0.2, 0) is 10.0 Å². The average Bonchev–Trinajstić information content (AvgIpc) is 2.37. The molecule has 0 amide bonds. The quantitative estimate of drug-likeness (QED) is 0.515. The molecule has 0 aliphatic carbocycles. The highest BCUT2D eigenvalue weighted by atomic mass is 35.5. The Hall–Kier alpha value is -1.97. The molecule has 0 saturated carbocycles. The lowest BCUT2D eigenvalue weighted by Crippen LogP contribution is -2.15. The van der Waals surface area contributed by atoms with Gasteiger partial charge in [0.25, 0.3) is 15.7 Å². The molecular formula is C10H6Cl2N4O4S. The molecule has 2 rings (SSSR count). The van der Waals surface area contributed by atoms with Crippen molar-refractivity contribution in [2.24, 2.45) is 0 Å². The number of aromatic nitrogens is 2. The third kappa shape index (κ3) is 3.78. The number of hydrogen-bond donors (Lipinski definition) is 1. The van der Waals surface area contributed by atoms with Gasteiger partial charge in [-0.1, -0.05) is 29.3 Å². The van der Waals surface area contributed by atoms with Gasteiger partial charge in [0.2, 0.25) is 5.95 Å². The Morgan fingerprint density at radius 2 is 1.76 bits per heavy atom. The van der Waals surface area contributed by atoms with Crippen LogP contribution < -0.4 is 4.72 Å². The Balaban J connectivity index is 2.38. The molecule has 0 unspecified atom stereocenters. The van der Waals surface area contributed by atoms with Crippen molar-refractivity contribution < 1.29 is 13.3 Å². The second-order valence-corrected chi connectivity index (χ2v) is 6.15. The standard InChI is InChI=1S/C10H6Cl2N4O4S/c11-8-5-9(12)14-10(13-8)15-21(19,20)7-3-1-2-6(4-7)16(17)18/h1-5H,(H,13,14,15). The molecule has 1 aromatic heterocycles. The second kappa shape index (κ2) is 5.80. The van der Waals surface area contributed by atoms with Crippen LogP contribution in [0.25, 0.3) is 0 Å². The van der Waals surface area contributed by atoms with Gasteiger partial charge in [0.15, 0.2) is 0 Å². The maximum Gasteiger partial charge on any atom is 0.270 e. The highest BCUT2D eigenvalue weighted by Crippen LogP contribution is 2.20. The van der Waals surface area contributed by atoms with E-state index in [-0.39, 0.29) is 26.8 Å². The van der Waals surface area contributed by atoms with Crippen LogP contribution in [0, 0.1) is 10.1 Å². The maximum atomic E-state index is 12.1. The van der Waals surface area contributed by atoms with Crippen LogP contribution in [0.3, 0.4) is 0 Å². The van der Waals surface area contributed by atoms with E-state index in [4.69, 9.17) is 23.2 Å². The summed E-state index contributed by atoms with van der Waals surface area (Å²) in [6, 6.07) is 5.76. The second-order valence-electron chi connectivity index (χ2n) is 3.70. The van der Waals surface area contributed by atoms with Crippen LogP contribution in [-0.4, -0.2) is 23.3 Å². The zero-order chi connectivity index (χ0) is 15.6. The number of benzene rings is 1. The summed E-state index contributed by atoms with van der Waals surface area (Å²) in [5.41, 5.74) is -0.358. The Bertz CT molecular complexity index is 792. The fraction of sp³-hybridized carbons (Fsp3) is 0. The summed E-state index contributed by atoms with van der Waals surface area (Å²) in [4.78, 5) is 16.9. The van der Waals surface area contributed by atoms with Crippen molar-refractivity contribution in [2.75, 3.05) is 4.72 Å². The molecule has 110 valence electrons. The number of halogens is 2. The summed E-state index contributed by atoms with van der Waals surface area (Å²) in [5, 5.41) is 10.6. The van der Waals surface area contributed by atoms with Gasteiger partial charge in [-0.25, -0.2) is 23.1 Å². The van der Waals surface area contributed by atoms with E-state index in [0.29, 0.717) is 0 Å². The summed E-state index contributed by atoms with van der Waals surface area (Å²) >= 11 is 11.3. The molecule has 0 saturated heterocycles. The summed E-state index contributed by atoms with van der Waals surface area (Å²) in [7, 11) is -4.10. The van der Waals surface area contributed by atoms with E-state index >= 15 is 0 Å². The molecule has 0 aliphatic rings. The van der Waals surface area contributed by atoms with Gasteiger partial charge in [-0.05, 0) is 6.07 Å². The number of rotatable bonds is 4. The van der Waals surface area contributed by atoms with Crippen molar-refractivity contribution in [1.29, 1.82) is 0 Å². The molecule has 0 radical (unpaired) electrons. The predicted molar refractivity (Wildman–Crippen MR) is 76.0 cm³/mol. The number of nitro benzene ring substituents is 1. The monoisotopic (exact) mass is 348 g/mol. The molecule has 0 spiro atoms. The van der Waals surface area contributed by atoms with E-state index in [2.05, 4.69) is 9.97 Å². The lowest BCUT2D eigenvalue weighted by molar-refractivity contribution is -0.385. The van der Waals surface area contributed by atoms with Gasteiger partial charge in [-0.2, -0.15) is 0 Å². The number of non-ortho nitro benzene ring substituents is 1. The summed E-state index contributed by atoms with van der Waals surface area (Å²) in [5.74, 6) is -0.334. The summed E-state index contributed by atoms with van der Waals surface area (Å²) in [6.07, 6.45) is 0. The van der Waals surface area contributed by atoms with Crippen LogP contribution in [0.5, 0.6) is 0 Å². The van der Waals surface area contributed by atoms with Crippen LogP contribution in [0.15, 0.2) is 35.2 Å². The normalized spacial score (nSPS) is 11.1. The zero-order valence-corrected chi connectivity index (χ0v) is 12.4. The molecule has 1 N–H and O–H groups in total. The Morgan fingerprint density at radius 3 is 2.33 bits per heavy atom. The molecular weight excluding hydrogens is 343 g/mol. The van der Waals surface area contributed by atoms with Gasteiger partial charge in [0, 0.05) is 18.2 Å². The lowest BCUT2D eigenvalue weighted by atomic mass is 10.3. The molecule has 0 atom stereocenters. The topological polar surface area (TPSA) is 115 Å². The molecule has 21 heavy (non-hydrogen) atoms. The number of hydrogen-bond acceptors (Lipinski definition) is 6. The summed E-state index contributed by atoms with van der Waals surface area (Å²) < 4.78 is 26.2. The third-order valence-corrected chi connectivity index (χ3v) is 3.94. The van der Waals surface area contributed by atoms with Crippen molar-refractivity contribution >= 4 is 44.9 Å². The lowest BCUT2D eigenvalue weighted by Gasteiger charge is -2.06. The minimum absolute atomic E-state index is 0.0493. The number of nitrogens with zero attached hydrogens (tertiary/aromatic N) is 3. The largest absolute Gasteiger partial charge is 0.270 e. The Labute approximate surface area is 128 Å². The number of nitro groups is 1. The fourth-order valence-electron chi connectivity index (χ4n) is 1.38. The number of sulfonamides is 1.